The Morgan fingerprint density at radius 2 is 1.89 bits per heavy atom. The number of hydrogen-bond donors (Lipinski definition) is 3. The fourth-order valence-electron chi connectivity index (χ4n) is 1.82. The lowest BCUT2D eigenvalue weighted by Gasteiger charge is -2.32. The molecule has 18 heavy (non-hydrogen) atoms. The molecule has 1 aliphatic rings. The molecule has 1 fully saturated rings. The van der Waals surface area contributed by atoms with E-state index in [1.807, 2.05) is 0 Å². The zero-order chi connectivity index (χ0) is 13.0. The van der Waals surface area contributed by atoms with Gasteiger partial charge in [-0.05, 0) is 7.05 Å². The lowest BCUT2D eigenvalue weighted by atomic mass is 10.4. The lowest BCUT2D eigenvalue weighted by Crippen LogP contribution is -2.47. The Labute approximate surface area is 106 Å². The Morgan fingerprint density at radius 3 is 2.50 bits per heavy atom. The van der Waals surface area contributed by atoms with Gasteiger partial charge in [-0.15, -0.1) is 0 Å². The summed E-state index contributed by atoms with van der Waals surface area (Å²) >= 11 is 0. The number of nitrogen functional groups attached to an aromatic ring is 1. The van der Waals surface area contributed by atoms with Gasteiger partial charge >= 0.3 is 0 Å². The number of nitrogens with two attached hydrogens (primary N) is 1. The van der Waals surface area contributed by atoms with Crippen LogP contribution in [0.25, 0.3) is 0 Å². The van der Waals surface area contributed by atoms with Crippen molar-refractivity contribution in [3.8, 4) is 5.75 Å². The average Bonchev–Trinajstić information content (AvgIpc) is 2.41. The van der Waals surface area contributed by atoms with Crippen LogP contribution in [0.3, 0.4) is 0 Å². The zero-order valence-electron chi connectivity index (χ0n) is 10.7. The molecule has 1 aromatic rings. The summed E-state index contributed by atoms with van der Waals surface area (Å²) in [5, 5.41) is 2.10. The second-order valence-electron chi connectivity index (χ2n) is 4.15. The van der Waals surface area contributed by atoms with Crippen molar-refractivity contribution in [2.45, 2.75) is 0 Å². The van der Waals surface area contributed by atoms with Crippen LogP contribution in [0.4, 0.5) is 11.6 Å². The van der Waals surface area contributed by atoms with Gasteiger partial charge in [-0.25, -0.2) is 20.8 Å². The van der Waals surface area contributed by atoms with Crippen molar-refractivity contribution in [2.24, 2.45) is 5.84 Å². The van der Waals surface area contributed by atoms with E-state index in [1.165, 1.54) is 6.33 Å². The van der Waals surface area contributed by atoms with E-state index in [-0.39, 0.29) is 0 Å². The van der Waals surface area contributed by atoms with Crippen LogP contribution in [0.5, 0.6) is 5.75 Å². The van der Waals surface area contributed by atoms with Crippen molar-refractivity contribution in [2.75, 3.05) is 51.2 Å². The summed E-state index contributed by atoms with van der Waals surface area (Å²) < 4.78 is 5.26. The maximum atomic E-state index is 5.38. The minimum Gasteiger partial charge on any atom is -0.490 e. The Bertz CT molecular complexity index is 392. The molecule has 0 bridgehead atoms. The molecule has 0 atom stereocenters. The summed E-state index contributed by atoms with van der Waals surface area (Å²) in [6.07, 6.45) is 1.44. The molecule has 0 spiro atoms. The lowest BCUT2D eigenvalue weighted by molar-refractivity contribution is 0.178. The van der Waals surface area contributed by atoms with E-state index >= 15 is 0 Å². The molecule has 0 saturated carbocycles. The number of piperazine rings is 1. The maximum absolute atomic E-state index is 5.38. The quantitative estimate of drug-likeness (QED) is 0.481. The molecule has 0 radical (unpaired) electrons. The van der Waals surface area contributed by atoms with Gasteiger partial charge in [0.15, 0.2) is 11.6 Å². The van der Waals surface area contributed by atoms with Gasteiger partial charge in [0.05, 0.1) is 7.11 Å². The molecule has 0 aromatic carbocycles. The number of nitrogens with zero attached hydrogens (tertiary/aromatic N) is 4. The van der Waals surface area contributed by atoms with Crippen molar-refractivity contribution in [3.63, 3.8) is 0 Å². The minimum atomic E-state index is 0.462. The predicted molar refractivity (Wildman–Crippen MR) is 69.1 cm³/mol. The fourth-order valence-corrected chi connectivity index (χ4v) is 1.82. The van der Waals surface area contributed by atoms with Crippen LogP contribution in [0, 0.1) is 0 Å². The van der Waals surface area contributed by atoms with Crippen LogP contribution in [-0.4, -0.2) is 60.2 Å². The molecular formula is C10H19N7O. The van der Waals surface area contributed by atoms with Crippen molar-refractivity contribution in [1.29, 1.82) is 0 Å². The average molecular weight is 253 g/mol. The van der Waals surface area contributed by atoms with E-state index in [0.717, 1.165) is 26.2 Å². The maximum Gasteiger partial charge on any atom is 0.206 e. The first kappa shape index (κ1) is 12.8. The molecule has 8 nitrogen and oxygen atoms in total. The first-order chi connectivity index (χ1) is 8.74. The van der Waals surface area contributed by atoms with Crippen LogP contribution < -0.4 is 21.4 Å². The molecule has 100 valence electrons. The summed E-state index contributed by atoms with van der Waals surface area (Å²) in [6.45, 7) is 3.88. The zero-order valence-corrected chi connectivity index (χ0v) is 10.7. The van der Waals surface area contributed by atoms with Crippen LogP contribution >= 0.6 is 0 Å². The topological polar surface area (TPSA) is 91.6 Å². The number of likely N-dealkylation sites (N-methyl/N-ethyl adjacent to an activating group) is 1. The highest BCUT2D eigenvalue weighted by Gasteiger charge is 2.17. The number of anilines is 2. The second-order valence-corrected chi connectivity index (χ2v) is 4.15. The molecule has 0 unspecified atom stereocenters. The number of nitrogens with one attached hydrogen (secondary N) is 2. The van der Waals surface area contributed by atoms with Gasteiger partial charge in [0.1, 0.15) is 6.33 Å². The Kier molecular flexibility index (Phi) is 4.13. The molecule has 1 saturated heterocycles. The van der Waals surface area contributed by atoms with Gasteiger partial charge in [-0.2, -0.15) is 0 Å². The summed E-state index contributed by atoms with van der Waals surface area (Å²) in [7, 11) is 3.67. The van der Waals surface area contributed by atoms with Crippen LogP contribution in [0.2, 0.25) is 0 Å². The highest BCUT2D eigenvalue weighted by Crippen LogP contribution is 2.28. The first-order valence-corrected chi connectivity index (χ1v) is 5.80. The molecule has 2 rings (SSSR count). The first-order valence-electron chi connectivity index (χ1n) is 5.80. The molecule has 0 amide bonds. The summed E-state index contributed by atoms with van der Waals surface area (Å²) in [5.74, 6) is 6.97. The van der Waals surface area contributed by atoms with Gasteiger partial charge in [0.2, 0.25) is 5.75 Å². The molecule has 2 heterocycles. The Morgan fingerprint density at radius 1 is 1.22 bits per heavy atom. The van der Waals surface area contributed by atoms with Gasteiger partial charge < -0.3 is 15.1 Å². The van der Waals surface area contributed by atoms with Crippen molar-refractivity contribution in [1.82, 2.24) is 19.9 Å². The van der Waals surface area contributed by atoms with Gasteiger partial charge in [-0.3, -0.25) is 5.43 Å². The third-order valence-corrected chi connectivity index (χ3v) is 2.91. The van der Waals surface area contributed by atoms with E-state index in [2.05, 4.69) is 37.8 Å². The number of hydrazine groups is 2. The number of ether oxygens (including phenoxy) is 1. The Hall–Kier alpha value is -1.64. The van der Waals surface area contributed by atoms with E-state index in [4.69, 9.17) is 10.6 Å². The number of hydrogen-bond acceptors (Lipinski definition) is 8. The molecule has 8 heteroatoms. The summed E-state index contributed by atoms with van der Waals surface area (Å²) in [4.78, 5) is 10.4. The largest absolute Gasteiger partial charge is 0.490 e. The van der Waals surface area contributed by atoms with Crippen molar-refractivity contribution < 1.29 is 4.74 Å². The second kappa shape index (κ2) is 5.80. The van der Waals surface area contributed by atoms with Crippen molar-refractivity contribution >= 4 is 11.6 Å². The van der Waals surface area contributed by atoms with Crippen molar-refractivity contribution in [3.05, 3.63) is 6.33 Å². The third-order valence-electron chi connectivity index (χ3n) is 2.91. The van der Waals surface area contributed by atoms with E-state index < -0.39 is 0 Å². The predicted octanol–water partition coefficient (Wildman–Crippen LogP) is -0.655. The summed E-state index contributed by atoms with van der Waals surface area (Å²) in [5.41, 5.74) is 5.72. The van der Waals surface area contributed by atoms with E-state index in [0.29, 0.717) is 17.4 Å². The van der Waals surface area contributed by atoms with Gasteiger partial charge in [0.25, 0.3) is 0 Å². The van der Waals surface area contributed by atoms with Gasteiger partial charge in [0, 0.05) is 26.2 Å². The number of aromatic nitrogens is 2. The van der Waals surface area contributed by atoms with Crippen LogP contribution in [0.1, 0.15) is 0 Å². The number of methoxy groups -OCH3 is 1. The molecule has 4 N–H and O–H groups in total. The normalized spacial score (nSPS) is 17.5. The SMILES string of the molecule is COc1c(NN)ncnc1NN1CCN(C)CC1. The summed E-state index contributed by atoms with van der Waals surface area (Å²) in [6, 6.07) is 0. The van der Waals surface area contributed by atoms with E-state index in [9.17, 15) is 0 Å². The van der Waals surface area contributed by atoms with Crippen LogP contribution in [-0.2, 0) is 0 Å². The third kappa shape index (κ3) is 2.78. The Balaban J connectivity index is 2.09. The highest BCUT2D eigenvalue weighted by atomic mass is 16.5. The smallest absolute Gasteiger partial charge is 0.206 e. The molecule has 1 aliphatic heterocycles. The molecule has 0 aliphatic carbocycles. The monoisotopic (exact) mass is 253 g/mol. The number of rotatable bonds is 4. The molecule has 1 aromatic heterocycles. The standard InChI is InChI=1S/C10H19N7O/c1-16-3-5-17(6-4-16)15-10-8(18-2)9(14-11)12-7-13-10/h7H,3-6,11H2,1-2H3,(H2,12,13,14,15). The minimum absolute atomic E-state index is 0.462. The fraction of sp³-hybridized carbons (Fsp3) is 0.600. The van der Waals surface area contributed by atoms with Gasteiger partial charge in [-0.1, -0.05) is 0 Å². The van der Waals surface area contributed by atoms with Crippen LogP contribution in [0.15, 0.2) is 6.33 Å². The van der Waals surface area contributed by atoms with E-state index in [1.54, 1.807) is 7.11 Å². The molecular weight excluding hydrogens is 234 g/mol. The highest BCUT2D eigenvalue weighted by molar-refractivity contribution is 5.62.